The van der Waals surface area contributed by atoms with Gasteiger partial charge in [-0.05, 0) is 65.0 Å². The first-order chi connectivity index (χ1) is 31.9. The minimum absolute atomic E-state index is 0.00612. The van der Waals surface area contributed by atoms with Crippen LogP contribution in [-0.2, 0) is 50.5 Å². The van der Waals surface area contributed by atoms with Gasteiger partial charge in [0.25, 0.3) is 0 Å². The van der Waals surface area contributed by atoms with E-state index in [1.807, 2.05) is 5.32 Å². The predicted octanol–water partition coefficient (Wildman–Crippen LogP) is 0.636. The number of phosphoric ester groups is 2. The molecule has 11 atom stereocenters. The van der Waals surface area contributed by atoms with Gasteiger partial charge < -0.3 is 59.3 Å². The minimum Gasteiger partial charge on any atom is -0.387 e. The summed E-state index contributed by atoms with van der Waals surface area (Å²) in [6, 6.07) is 0.297. The van der Waals surface area contributed by atoms with Crippen molar-refractivity contribution in [2.24, 2.45) is 0 Å². The monoisotopic (exact) mass is 1040 g/mol. The van der Waals surface area contributed by atoms with Crippen molar-refractivity contribution in [1.82, 2.24) is 34.5 Å². The first kappa shape index (κ1) is 63.6. The lowest BCUT2D eigenvalue weighted by Gasteiger charge is -2.32. The van der Waals surface area contributed by atoms with Crippen LogP contribution < -0.4 is 16.5 Å². The Morgan fingerprint density at radius 3 is 1.43 bits per heavy atom. The summed E-state index contributed by atoms with van der Waals surface area (Å²) in [7, 11) is -16.1. The van der Waals surface area contributed by atoms with Crippen molar-refractivity contribution in [3.05, 3.63) is 22.7 Å². The number of aliphatic hydroxyl groups excluding tert-OH is 4. The van der Waals surface area contributed by atoms with E-state index in [0.29, 0.717) is 0 Å². The molecule has 3 fully saturated rings. The van der Waals surface area contributed by atoms with E-state index in [4.69, 9.17) is 9.47 Å². The van der Waals surface area contributed by atoms with Gasteiger partial charge in [0, 0.05) is 19.2 Å². The number of hydrogen-bond acceptors (Lipinski definition) is 22. The van der Waals surface area contributed by atoms with E-state index in [-0.39, 0.29) is 18.8 Å². The third kappa shape index (κ3) is 21.2. The van der Waals surface area contributed by atoms with Gasteiger partial charge in [0.15, 0.2) is 18.3 Å². The van der Waals surface area contributed by atoms with Crippen molar-refractivity contribution < 1.29 is 90.4 Å². The van der Waals surface area contributed by atoms with E-state index in [2.05, 4.69) is 110 Å². The van der Waals surface area contributed by atoms with Crippen LogP contribution in [-0.4, -0.2) is 205 Å². The number of anilines is 1. The number of imide groups is 1. The summed E-state index contributed by atoms with van der Waals surface area (Å²) in [4.78, 5) is 81.4. The van der Waals surface area contributed by atoms with E-state index >= 15 is 0 Å². The number of carbonyl (C=O) groups excluding carboxylic acids is 2. The lowest BCUT2D eigenvalue weighted by atomic mass is 10.1. The molecule has 0 saturated carbocycles. The summed E-state index contributed by atoms with van der Waals surface area (Å²) in [5.41, 5.74) is 1.33. The maximum atomic E-state index is 12.3. The third-order valence-electron chi connectivity index (χ3n) is 10.6. The van der Waals surface area contributed by atoms with E-state index in [1.165, 1.54) is 72.1 Å². The summed E-state index contributed by atoms with van der Waals surface area (Å²) in [6.07, 6.45) is -12.6. The first-order valence-electron chi connectivity index (χ1n) is 22.3. The lowest BCUT2D eigenvalue weighted by molar-refractivity contribution is -0.125. The molecule has 28 nitrogen and oxygen atoms in total. The van der Waals surface area contributed by atoms with Crippen LogP contribution in [0.25, 0.3) is 0 Å². The Bertz CT molecular complexity index is 1800. The number of aliphatic hydroxyl groups is 4. The smallest absolute Gasteiger partial charge is 0.387 e. The Morgan fingerprint density at radius 2 is 1.07 bits per heavy atom. The molecule has 3 amide bonds. The molecule has 3 aliphatic heterocycles. The van der Waals surface area contributed by atoms with Crippen molar-refractivity contribution in [3.8, 4) is 0 Å². The summed E-state index contributed by atoms with van der Waals surface area (Å²) in [5, 5.41) is 43.0. The van der Waals surface area contributed by atoms with Crippen LogP contribution in [0.2, 0.25) is 0 Å². The van der Waals surface area contributed by atoms with Gasteiger partial charge in [-0.1, -0.05) is 62.3 Å². The second-order valence-corrected chi connectivity index (χ2v) is 19.4. The molecule has 31 heteroatoms. The number of nitrogens with one attached hydrogen (secondary N) is 2. The van der Waals surface area contributed by atoms with Crippen molar-refractivity contribution in [2.45, 2.75) is 118 Å². The minimum atomic E-state index is -5.98. The highest BCUT2D eigenvalue weighted by atomic mass is 31.3. The number of hydrogen-bond donors (Lipinski definition) is 9. The second kappa shape index (κ2) is 31.2. The number of urea groups is 1. The topological polar surface area (TPSA) is 363 Å². The van der Waals surface area contributed by atoms with Crippen molar-refractivity contribution in [1.29, 1.82) is 0 Å². The van der Waals surface area contributed by atoms with Crippen LogP contribution >= 0.6 is 23.5 Å². The summed E-state index contributed by atoms with van der Waals surface area (Å²) < 4.78 is 65.1. The first-order valence-corrected chi connectivity index (χ1v) is 26.7. The zero-order valence-electron chi connectivity index (χ0n) is 40.4. The van der Waals surface area contributed by atoms with Gasteiger partial charge in [0.05, 0.1) is 20.3 Å². The highest BCUT2D eigenvalue weighted by Gasteiger charge is 2.50. The summed E-state index contributed by atoms with van der Waals surface area (Å²) >= 11 is 0. The van der Waals surface area contributed by atoms with Crippen LogP contribution in [0.5, 0.6) is 0 Å². The third-order valence-corrected chi connectivity index (χ3v) is 14.9. The molecule has 68 heavy (non-hydrogen) atoms. The fourth-order valence-electron chi connectivity index (χ4n) is 6.48. The molecule has 0 bridgehead atoms. The Morgan fingerprint density at radius 1 is 0.676 bits per heavy atom. The molecule has 0 radical (unpaired) electrons. The van der Waals surface area contributed by atoms with Crippen LogP contribution in [0.3, 0.4) is 0 Å². The summed E-state index contributed by atoms with van der Waals surface area (Å²) in [5.74, 6) is -0.606. The number of phosphoric acid groups is 3. The molecule has 3 aliphatic rings. The largest absolute Gasteiger partial charge is 0.490 e. The van der Waals surface area contributed by atoms with E-state index in [9.17, 15) is 63.2 Å². The summed E-state index contributed by atoms with van der Waals surface area (Å²) in [6.45, 7) is 28.0. The van der Waals surface area contributed by atoms with Crippen molar-refractivity contribution in [2.75, 3.05) is 91.3 Å². The van der Waals surface area contributed by atoms with Crippen LogP contribution in [0.15, 0.2) is 17.1 Å². The van der Waals surface area contributed by atoms with Gasteiger partial charge in [-0.3, -0.25) is 33.5 Å². The van der Waals surface area contributed by atoms with Crippen LogP contribution in [0.4, 0.5) is 10.6 Å². The average Bonchev–Trinajstić information content (AvgIpc) is 3.72. The highest BCUT2D eigenvalue weighted by molar-refractivity contribution is 7.66. The van der Waals surface area contributed by atoms with Gasteiger partial charge in [-0.2, -0.15) is 13.6 Å². The SMILES string of the molecule is CCN(CC)CC.CCN(CC)CC.CCN(CC)CC.CONc1ccn([C@@H]2O[C@H](COP(=O)(O)OP(=O)(O)OP(=O)(O)OC[C@H]3O[C@@H](N4CCC(=O)NC4=O)[C@H](O)[C@@H]3O)[C@@H](O)[C@H]2O)c(=O)n1. The fourth-order valence-corrected chi connectivity index (χ4v) is 10.0. The number of aromatic nitrogens is 2. The molecule has 0 spiro atoms. The van der Waals surface area contributed by atoms with Crippen molar-refractivity contribution >= 4 is 41.2 Å². The number of nitrogens with zero attached hydrogens (tertiary/aromatic N) is 6. The van der Waals surface area contributed by atoms with Gasteiger partial charge in [0.2, 0.25) is 5.91 Å². The zero-order chi connectivity index (χ0) is 52.0. The maximum absolute atomic E-state index is 12.3. The number of rotatable bonds is 23. The lowest BCUT2D eigenvalue weighted by Crippen LogP contribution is -2.56. The number of carbonyl (C=O) groups is 2. The van der Waals surface area contributed by atoms with Gasteiger partial charge in [-0.15, -0.1) is 0 Å². The molecule has 0 aliphatic carbocycles. The zero-order valence-corrected chi connectivity index (χ0v) is 43.1. The molecule has 4 heterocycles. The van der Waals surface area contributed by atoms with Gasteiger partial charge >= 0.3 is 35.2 Å². The molecule has 0 aromatic carbocycles. The molecule has 1 aromatic heterocycles. The Labute approximate surface area is 397 Å². The van der Waals surface area contributed by atoms with Crippen molar-refractivity contribution in [3.63, 3.8) is 0 Å². The Hall–Kier alpha value is -2.37. The predicted molar refractivity (Wildman–Crippen MR) is 245 cm³/mol. The Balaban J connectivity index is 0.000000910. The maximum Gasteiger partial charge on any atom is 0.490 e. The fraction of sp³-hybridized carbons (Fsp3) is 0.838. The molecular weight excluding hydrogens is 969 g/mol. The average molecular weight is 1040 g/mol. The van der Waals surface area contributed by atoms with Gasteiger partial charge in [-0.25, -0.2) is 28.8 Å². The molecule has 3 unspecified atom stereocenters. The highest BCUT2D eigenvalue weighted by Crippen LogP contribution is 2.67. The number of amides is 3. The van der Waals surface area contributed by atoms with E-state index in [1.54, 1.807) is 0 Å². The molecule has 4 rings (SSSR count). The number of ether oxygens (including phenoxy) is 2. The molecule has 3 saturated heterocycles. The molecule has 398 valence electrons. The molecular formula is C37H75N8O20P3. The standard InChI is InChI=1S/C19H30N5O20P3.3C6H15N/c1-38-22-10-2-4-23(18(30)20-10)16-14(28)12(26)8(41-16)6-39-45(32,33)43-47(36,37)44-46(34,35)40-7-9-13(27)15(29)17(42-9)24-5-3-11(25)21-19(24)31;3*1-4-7(5-2)6-3/h2,4,8-9,12-17,26-29H,3,5-7H2,1H3,(H,32,33)(H,34,35)(H,36,37)(H,20,22,30)(H,21,25,31);3*4-6H2,1-3H3/t8-,9-,12-,13-,14-,15-,16-,17-;;;/m1.../s1. The van der Waals surface area contributed by atoms with Crippen LogP contribution in [0.1, 0.15) is 75.0 Å². The van der Waals surface area contributed by atoms with Gasteiger partial charge in [0.1, 0.15) is 36.6 Å². The van der Waals surface area contributed by atoms with E-state index in [0.717, 1.165) is 15.7 Å². The van der Waals surface area contributed by atoms with Crippen LogP contribution in [0, 0.1) is 0 Å². The van der Waals surface area contributed by atoms with E-state index < -0.39 is 103 Å². The quantitative estimate of drug-likeness (QED) is 0.0536. The normalized spacial score (nSPS) is 26.4. The Kier molecular flexibility index (Phi) is 29.2. The second-order valence-electron chi connectivity index (χ2n) is 14.7. The molecule has 1 aromatic rings. The molecule has 9 N–H and O–H groups in total.